The smallest absolute Gasteiger partial charge is 0.125 e. The van der Waals surface area contributed by atoms with Gasteiger partial charge in [0.2, 0.25) is 0 Å². The highest BCUT2D eigenvalue weighted by molar-refractivity contribution is 5.67. The van der Waals surface area contributed by atoms with Crippen LogP contribution in [0.3, 0.4) is 0 Å². The molecule has 0 atom stereocenters. The van der Waals surface area contributed by atoms with Gasteiger partial charge in [-0.1, -0.05) is 0 Å². The third kappa shape index (κ3) is 3.40. The molecule has 0 aliphatic carbocycles. The van der Waals surface area contributed by atoms with E-state index in [0.717, 1.165) is 25.2 Å². The van der Waals surface area contributed by atoms with E-state index in [1.807, 2.05) is 19.0 Å². The van der Waals surface area contributed by atoms with Crippen LogP contribution in [0.15, 0.2) is 18.2 Å². The molecule has 0 aliphatic heterocycles. The van der Waals surface area contributed by atoms with Crippen LogP contribution >= 0.6 is 0 Å². The molecule has 4 heteroatoms. The lowest BCUT2D eigenvalue weighted by Crippen LogP contribution is -2.23. The molecule has 0 heterocycles. The predicted molar refractivity (Wildman–Crippen MR) is 62.6 cm³/mol. The summed E-state index contributed by atoms with van der Waals surface area (Å²) in [6.07, 6.45) is 1.00. The SMILES string of the molecule is CNCCCN(C)c1cc(F)ccc1N. The van der Waals surface area contributed by atoms with E-state index in [9.17, 15) is 4.39 Å². The van der Waals surface area contributed by atoms with Crippen molar-refractivity contribution >= 4 is 11.4 Å². The van der Waals surface area contributed by atoms with Crippen molar-refractivity contribution in [1.82, 2.24) is 5.32 Å². The lowest BCUT2D eigenvalue weighted by atomic mass is 10.2. The van der Waals surface area contributed by atoms with Crippen LogP contribution in [0.2, 0.25) is 0 Å². The zero-order valence-corrected chi connectivity index (χ0v) is 9.26. The van der Waals surface area contributed by atoms with Gasteiger partial charge >= 0.3 is 0 Å². The minimum Gasteiger partial charge on any atom is -0.397 e. The molecule has 0 unspecified atom stereocenters. The number of nitrogens with two attached hydrogens (primary N) is 1. The summed E-state index contributed by atoms with van der Waals surface area (Å²) < 4.78 is 13.0. The number of nitrogen functional groups attached to an aromatic ring is 1. The zero-order chi connectivity index (χ0) is 11.3. The molecule has 0 bridgehead atoms. The summed E-state index contributed by atoms with van der Waals surface area (Å²) in [6, 6.07) is 4.44. The molecule has 1 aromatic rings. The average Bonchev–Trinajstić information content (AvgIpc) is 2.22. The van der Waals surface area contributed by atoms with Gasteiger partial charge < -0.3 is 16.0 Å². The Kier molecular flexibility index (Phi) is 4.37. The van der Waals surface area contributed by atoms with Crippen LogP contribution in [0.4, 0.5) is 15.8 Å². The highest BCUT2D eigenvalue weighted by Gasteiger charge is 2.05. The molecule has 0 aromatic heterocycles. The summed E-state index contributed by atoms with van der Waals surface area (Å²) in [5.74, 6) is -0.250. The van der Waals surface area contributed by atoms with Gasteiger partial charge in [0.25, 0.3) is 0 Å². The molecule has 1 aromatic carbocycles. The third-order valence-electron chi connectivity index (χ3n) is 2.32. The molecule has 1 rings (SSSR count). The molecule has 0 amide bonds. The largest absolute Gasteiger partial charge is 0.397 e. The Morgan fingerprint density at radius 3 is 2.87 bits per heavy atom. The summed E-state index contributed by atoms with van der Waals surface area (Å²) >= 11 is 0. The number of nitrogens with one attached hydrogen (secondary N) is 1. The Balaban J connectivity index is 2.64. The van der Waals surface area contributed by atoms with Crippen LogP contribution in [0.25, 0.3) is 0 Å². The van der Waals surface area contributed by atoms with Crippen LogP contribution in [0, 0.1) is 5.82 Å². The second kappa shape index (κ2) is 5.56. The van der Waals surface area contributed by atoms with Crippen molar-refractivity contribution in [2.75, 3.05) is 37.8 Å². The van der Waals surface area contributed by atoms with Crippen LogP contribution < -0.4 is 16.0 Å². The number of halogens is 1. The van der Waals surface area contributed by atoms with E-state index in [2.05, 4.69) is 5.32 Å². The maximum Gasteiger partial charge on any atom is 0.125 e. The molecule has 0 radical (unpaired) electrons. The molecule has 0 fully saturated rings. The summed E-state index contributed by atoms with van der Waals surface area (Å²) in [7, 11) is 3.83. The summed E-state index contributed by atoms with van der Waals surface area (Å²) in [4.78, 5) is 1.97. The fraction of sp³-hybridized carbons (Fsp3) is 0.455. The van der Waals surface area contributed by atoms with Gasteiger partial charge in [0.15, 0.2) is 0 Å². The van der Waals surface area contributed by atoms with Crippen molar-refractivity contribution in [2.24, 2.45) is 0 Å². The normalized spacial score (nSPS) is 10.3. The molecule has 0 spiro atoms. The highest BCUT2D eigenvalue weighted by atomic mass is 19.1. The van der Waals surface area contributed by atoms with Crippen molar-refractivity contribution in [2.45, 2.75) is 6.42 Å². The van der Waals surface area contributed by atoms with Gasteiger partial charge in [0.05, 0.1) is 11.4 Å². The van der Waals surface area contributed by atoms with Crippen molar-refractivity contribution in [1.29, 1.82) is 0 Å². The fourth-order valence-electron chi connectivity index (χ4n) is 1.46. The topological polar surface area (TPSA) is 41.3 Å². The lowest BCUT2D eigenvalue weighted by Gasteiger charge is -2.20. The zero-order valence-electron chi connectivity index (χ0n) is 9.26. The van der Waals surface area contributed by atoms with Gasteiger partial charge in [-0.25, -0.2) is 4.39 Å². The maximum absolute atomic E-state index is 13.0. The summed E-state index contributed by atoms with van der Waals surface area (Å²) in [6.45, 7) is 1.80. The van der Waals surface area contributed by atoms with E-state index in [1.165, 1.54) is 12.1 Å². The number of rotatable bonds is 5. The van der Waals surface area contributed by atoms with Crippen molar-refractivity contribution in [3.8, 4) is 0 Å². The van der Waals surface area contributed by atoms with E-state index in [1.54, 1.807) is 6.07 Å². The number of hydrogen-bond acceptors (Lipinski definition) is 3. The second-order valence-electron chi connectivity index (χ2n) is 3.58. The Morgan fingerprint density at radius 2 is 2.20 bits per heavy atom. The Morgan fingerprint density at radius 1 is 1.47 bits per heavy atom. The monoisotopic (exact) mass is 211 g/mol. The van der Waals surface area contributed by atoms with Crippen LogP contribution in [-0.4, -0.2) is 27.2 Å². The first-order valence-corrected chi connectivity index (χ1v) is 5.06. The molecule has 3 N–H and O–H groups in total. The Hall–Kier alpha value is -1.29. The van der Waals surface area contributed by atoms with Crippen LogP contribution in [-0.2, 0) is 0 Å². The van der Waals surface area contributed by atoms with Crippen molar-refractivity contribution in [3.63, 3.8) is 0 Å². The maximum atomic E-state index is 13.0. The third-order valence-corrected chi connectivity index (χ3v) is 2.32. The minimum atomic E-state index is -0.250. The first-order valence-electron chi connectivity index (χ1n) is 5.06. The summed E-state index contributed by atoms with van der Waals surface area (Å²) in [5.41, 5.74) is 7.14. The molecule has 0 saturated heterocycles. The Labute approximate surface area is 90.1 Å². The standard InChI is InChI=1S/C11H18FN3/c1-14-6-3-7-15(2)11-8-9(12)4-5-10(11)13/h4-5,8,14H,3,6-7,13H2,1-2H3. The average molecular weight is 211 g/mol. The molecular formula is C11H18FN3. The number of hydrogen-bond donors (Lipinski definition) is 2. The molecule has 15 heavy (non-hydrogen) atoms. The van der Waals surface area contributed by atoms with Crippen molar-refractivity contribution in [3.05, 3.63) is 24.0 Å². The van der Waals surface area contributed by atoms with Gasteiger partial charge in [-0.2, -0.15) is 0 Å². The van der Waals surface area contributed by atoms with Gasteiger partial charge in [0.1, 0.15) is 5.82 Å². The van der Waals surface area contributed by atoms with Crippen LogP contribution in [0.1, 0.15) is 6.42 Å². The number of anilines is 2. The van der Waals surface area contributed by atoms with Gasteiger partial charge in [0, 0.05) is 13.6 Å². The fourth-order valence-corrected chi connectivity index (χ4v) is 1.46. The molecule has 0 saturated carbocycles. The van der Waals surface area contributed by atoms with Gasteiger partial charge in [-0.05, 0) is 38.2 Å². The minimum absolute atomic E-state index is 0.250. The van der Waals surface area contributed by atoms with Crippen LogP contribution in [0.5, 0.6) is 0 Å². The first kappa shape index (κ1) is 11.8. The number of benzene rings is 1. The van der Waals surface area contributed by atoms with E-state index in [0.29, 0.717) is 5.69 Å². The first-order chi connectivity index (χ1) is 7.15. The van der Waals surface area contributed by atoms with E-state index < -0.39 is 0 Å². The highest BCUT2D eigenvalue weighted by Crippen LogP contribution is 2.22. The van der Waals surface area contributed by atoms with E-state index in [-0.39, 0.29) is 5.82 Å². The second-order valence-corrected chi connectivity index (χ2v) is 3.58. The van der Waals surface area contributed by atoms with E-state index in [4.69, 9.17) is 5.73 Å². The van der Waals surface area contributed by atoms with Gasteiger partial charge in [-0.3, -0.25) is 0 Å². The molecule has 0 aliphatic rings. The van der Waals surface area contributed by atoms with E-state index >= 15 is 0 Å². The summed E-state index contributed by atoms with van der Waals surface area (Å²) in [5, 5.41) is 3.07. The lowest BCUT2D eigenvalue weighted by molar-refractivity contribution is 0.626. The molecular weight excluding hydrogens is 193 g/mol. The quantitative estimate of drug-likeness (QED) is 0.572. The molecule has 3 nitrogen and oxygen atoms in total. The number of nitrogens with zero attached hydrogens (tertiary/aromatic N) is 1. The van der Waals surface area contributed by atoms with Gasteiger partial charge in [-0.15, -0.1) is 0 Å². The Bertz CT molecular complexity index is 315. The van der Waals surface area contributed by atoms with Crippen molar-refractivity contribution < 1.29 is 4.39 Å². The predicted octanol–water partition coefficient (Wildman–Crippen LogP) is 1.45. The molecule has 84 valence electrons.